The Labute approximate surface area is 84.1 Å². The number of methoxy groups -OCH3 is 1. The van der Waals surface area contributed by atoms with Crippen LogP contribution < -0.4 is 4.74 Å². The molecule has 14 heavy (non-hydrogen) atoms. The molecule has 0 saturated carbocycles. The average molecular weight is 187 g/mol. The van der Waals surface area contributed by atoms with Crippen LogP contribution in [0.2, 0.25) is 0 Å². The van der Waals surface area contributed by atoms with Gasteiger partial charge in [-0.25, -0.2) is 0 Å². The van der Waals surface area contributed by atoms with Crippen LogP contribution >= 0.6 is 0 Å². The predicted molar refractivity (Wildman–Crippen MR) is 54.4 cm³/mol. The second-order valence-electron chi connectivity index (χ2n) is 3.64. The molecular weight excluding hydrogens is 174 g/mol. The molecule has 72 valence electrons. The topological polar surface area (TPSA) is 33.0 Å². The van der Waals surface area contributed by atoms with E-state index in [2.05, 4.69) is 6.07 Å². The van der Waals surface area contributed by atoms with E-state index in [1.807, 2.05) is 12.1 Å². The Morgan fingerprint density at radius 2 is 1.86 bits per heavy atom. The number of hydrogen-bond acceptors (Lipinski definition) is 2. The quantitative estimate of drug-likeness (QED) is 0.676. The monoisotopic (exact) mass is 187 g/mol. The van der Waals surface area contributed by atoms with E-state index in [-0.39, 0.29) is 0 Å². The van der Waals surface area contributed by atoms with Crippen molar-refractivity contribution >= 4 is 0 Å². The Morgan fingerprint density at radius 1 is 1.21 bits per heavy atom. The van der Waals surface area contributed by atoms with Gasteiger partial charge in [0, 0.05) is 0 Å². The number of nitrogens with zero attached hydrogens (tertiary/aromatic N) is 1. The van der Waals surface area contributed by atoms with E-state index in [0.29, 0.717) is 11.3 Å². The summed E-state index contributed by atoms with van der Waals surface area (Å²) in [7, 11) is 1.62. The van der Waals surface area contributed by atoms with Gasteiger partial charge in [0.15, 0.2) is 0 Å². The molecule has 0 saturated heterocycles. The highest BCUT2D eigenvalue weighted by atomic mass is 16.5. The van der Waals surface area contributed by atoms with Gasteiger partial charge in [0.05, 0.1) is 12.7 Å². The minimum atomic E-state index is 0.660. The Hall–Kier alpha value is -1.49. The summed E-state index contributed by atoms with van der Waals surface area (Å²) in [5.41, 5.74) is 3.34. The average Bonchev–Trinajstić information content (AvgIpc) is 2.27. The van der Waals surface area contributed by atoms with Crippen molar-refractivity contribution in [3.8, 4) is 11.8 Å². The third-order valence-electron chi connectivity index (χ3n) is 2.78. The van der Waals surface area contributed by atoms with Gasteiger partial charge in [-0.2, -0.15) is 5.26 Å². The van der Waals surface area contributed by atoms with Crippen LogP contribution in [0, 0.1) is 11.3 Å². The summed E-state index contributed by atoms with van der Waals surface area (Å²) in [5.74, 6) is 0.716. The molecule has 0 atom stereocenters. The molecule has 0 heterocycles. The van der Waals surface area contributed by atoms with E-state index in [9.17, 15) is 0 Å². The zero-order valence-electron chi connectivity index (χ0n) is 8.34. The van der Waals surface area contributed by atoms with E-state index in [0.717, 1.165) is 12.8 Å². The first-order valence-corrected chi connectivity index (χ1v) is 4.95. The molecule has 0 N–H and O–H groups in total. The highest BCUT2D eigenvalue weighted by Crippen LogP contribution is 2.28. The molecule has 1 aromatic carbocycles. The van der Waals surface area contributed by atoms with Crippen molar-refractivity contribution in [2.45, 2.75) is 25.7 Å². The zero-order valence-corrected chi connectivity index (χ0v) is 8.34. The molecule has 2 heteroatoms. The third-order valence-corrected chi connectivity index (χ3v) is 2.78. The normalized spacial score (nSPS) is 14.3. The van der Waals surface area contributed by atoms with Gasteiger partial charge in [0.2, 0.25) is 0 Å². The fourth-order valence-corrected chi connectivity index (χ4v) is 2.02. The fraction of sp³-hybridized carbons (Fsp3) is 0.417. The van der Waals surface area contributed by atoms with Gasteiger partial charge in [-0.05, 0) is 48.9 Å². The lowest BCUT2D eigenvalue weighted by molar-refractivity contribution is 0.412. The van der Waals surface area contributed by atoms with Crippen molar-refractivity contribution in [1.29, 1.82) is 5.26 Å². The Kier molecular flexibility index (Phi) is 2.41. The molecule has 0 unspecified atom stereocenters. The van der Waals surface area contributed by atoms with Crippen molar-refractivity contribution in [3.63, 3.8) is 0 Å². The summed E-state index contributed by atoms with van der Waals surface area (Å²) >= 11 is 0. The van der Waals surface area contributed by atoms with Crippen LogP contribution in [0.4, 0.5) is 0 Å². The highest BCUT2D eigenvalue weighted by molar-refractivity contribution is 5.49. The molecule has 0 radical (unpaired) electrons. The lowest BCUT2D eigenvalue weighted by atomic mass is 9.90. The fourth-order valence-electron chi connectivity index (χ4n) is 2.02. The molecule has 0 spiro atoms. The van der Waals surface area contributed by atoms with Crippen LogP contribution in [0.1, 0.15) is 29.5 Å². The molecule has 2 rings (SSSR count). The highest BCUT2D eigenvalue weighted by Gasteiger charge is 2.13. The maximum absolute atomic E-state index is 8.92. The van der Waals surface area contributed by atoms with E-state index in [1.165, 1.54) is 24.0 Å². The van der Waals surface area contributed by atoms with Gasteiger partial charge >= 0.3 is 0 Å². The Morgan fingerprint density at radius 3 is 2.43 bits per heavy atom. The summed E-state index contributed by atoms with van der Waals surface area (Å²) in [5, 5.41) is 8.92. The molecule has 0 amide bonds. The van der Waals surface area contributed by atoms with Crippen LogP contribution in [-0.4, -0.2) is 7.11 Å². The number of rotatable bonds is 1. The predicted octanol–water partition coefficient (Wildman–Crippen LogP) is 2.45. The van der Waals surface area contributed by atoms with Crippen molar-refractivity contribution < 1.29 is 4.74 Å². The Bertz CT molecular complexity index is 390. The molecule has 0 aliphatic heterocycles. The van der Waals surface area contributed by atoms with Crippen LogP contribution in [-0.2, 0) is 12.8 Å². The van der Waals surface area contributed by atoms with Gasteiger partial charge in [-0.1, -0.05) is 0 Å². The molecule has 0 fully saturated rings. The summed E-state index contributed by atoms with van der Waals surface area (Å²) in [4.78, 5) is 0. The lowest BCUT2D eigenvalue weighted by Crippen LogP contribution is -2.04. The first-order chi connectivity index (χ1) is 6.85. The maximum atomic E-state index is 8.92. The molecule has 1 aromatic rings. The summed E-state index contributed by atoms with van der Waals surface area (Å²) in [6, 6.07) is 6.17. The van der Waals surface area contributed by atoms with Gasteiger partial charge in [-0.3, -0.25) is 0 Å². The standard InChI is InChI=1S/C12H13NO/c1-14-12-7-10-5-3-2-4-9(10)6-11(12)8-13/h6-7H,2-5H2,1H3. The maximum Gasteiger partial charge on any atom is 0.136 e. The number of ether oxygens (including phenoxy) is 1. The van der Waals surface area contributed by atoms with Crippen molar-refractivity contribution in [3.05, 3.63) is 28.8 Å². The van der Waals surface area contributed by atoms with Crippen LogP contribution in [0.25, 0.3) is 0 Å². The van der Waals surface area contributed by atoms with Crippen LogP contribution in [0.15, 0.2) is 12.1 Å². The molecule has 1 aliphatic carbocycles. The van der Waals surface area contributed by atoms with Gasteiger partial charge < -0.3 is 4.74 Å². The first kappa shape index (κ1) is 9.08. The third kappa shape index (κ3) is 1.46. The summed E-state index contributed by atoms with van der Waals surface area (Å²) in [6.45, 7) is 0. The molecule has 2 nitrogen and oxygen atoms in total. The van der Waals surface area contributed by atoms with Crippen LogP contribution in [0.3, 0.4) is 0 Å². The largest absolute Gasteiger partial charge is 0.495 e. The summed E-state index contributed by atoms with van der Waals surface area (Å²) in [6.07, 6.45) is 4.72. The van der Waals surface area contributed by atoms with Crippen molar-refractivity contribution in [1.82, 2.24) is 0 Å². The van der Waals surface area contributed by atoms with Crippen molar-refractivity contribution in [2.75, 3.05) is 7.11 Å². The van der Waals surface area contributed by atoms with E-state index in [1.54, 1.807) is 7.11 Å². The SMILES string of the molecule is COc1cc2c(cc1C#N)CCCC2. The molecule has 0 bridgehead atoms. The van der Waals surface area contributed by atoms with Gasteiger partial charge in [-0.15, -0.1) is 0 Å². The minimum absolute atomic E-state index is 0.660. The van der Waals surface area contributed by atoms with Crippen molar-refractivity contribution in [2.24, 2.45) is 0 Å². The van der Waals surface area contributed by atoms with Gasteiger partial charge in [0.1, 0.15) is 11.8 Å². The molecule has 0 aromatic heterocycles. The number of fused-ring (bicyclic) bond motifs is 1. The Balaban J connectivity index is 2.50. The number of aryl methyl sites for hydroxylation is 2. The number of benzene rings is 1. The lowest BCUT2D eigenvalue weighted by Gasteiger charge is -2.17. The van der Waals surface area contributed by atoms with E-state index < -0.39 is 0 Å². The summed E-state index contributed by atoms with van der Waals surface area (Å²) < 4.78 is 5.18. The molecule has 1 aliphatic rings. The van der Waals surface area contributed by atoms with Crippen LogP contribution in [0.5, 0.6) is 5.75 Å². The first-order valence-electron chi connectivity index (χ1n) is 4.95. The second kappa shape index (κ2) is 3.71. The smallest absolute Gasteiger partial charge is 0.136 e. The van der Waals surface area contributed by atoms with E-state index in [4.69, 9.17) is 10.00 Å². The minimum Gasteiger partial charge on any atom is -0.495 e. The number of hydrogen-bond donors (Lipinski definition) is 0. The van der Waals surface area contributed by atoms with E-state index >= 15 is 0 Å². The molecular formula is C12H13NO. The number of nitriles is 1. The second-order valence-corrected chi connectivity index (χ2v) is 3.64. The van der Waals surface area contributed by atoms with Gasteiger partial charge in [0.25, 0.3) is 0 Å². The zero-order chi connectivity index (χ0) is 9.97.